The van der Waals surface area contributed by atoms with Gasteiger partial charge in [0.1, 0.15) is 5.75 Å². The summed E-state index contributed by atoms with van der Waals surface area (Å²) in [6.45, 7) is 6.07. The number of hydrogen-bond acceptors (Lipinski definition) is 2. The Labute approximate surface area is 115 Å². The zero-order valence-electron chi connectivity index (χ0n) is 11.3. The highest BCUT2D eigenvalue weighted by Crippen LogP contribution is 2.11. The van der Waals surface area contributed by atoms with E-state index in [9.17, 15) is 0 Å². The topological polar surface area (TPSA) is 33.3 Å². The summed E-state index contributed by atoms with van der Waals surface area (Å²) in [6, 6.07) is 8.10. The lowest BCUT2D eigenvalue weighted by molar-refractivity contribution is 0.414. The molecule has 0 radical (unpaired) electrons. The summed E-state index contributed by atoms with van der Waals surface area (Å²) in [5.41, 5.74) is 1.27. The average molecular weight is 266 g/mol. The maximum atomic E-state index is 5.19. The van der Waals surface area contributed by atoms with Crippen LogP contribution >= 0.6 is 12.2 Å². The molecule has 0 fully saturated rings. The Bertz CT molecular complexity index is 363. The van der Waals surface area contributed by atoms with Crippen molar-refractivity contribution in [2.24, 2.45) is 5.92 Å². The van der Waals surface area contributed by atoms with Crippen LogP contribution in [0.25, 0.3) is 0 Å². The Kier molecular flexibility index (Phi) is 6.50. The van der Waals surface area contributed by atoms with Crippen LogP contribution in [-0.4, -0.2) is 25.3 Å². The summed E-state index contributed by atoms with van der Waals surface area (Å²) in [6.07, 6.45) is 0.952. The van der Waals surface area contributed by atoms with Crippen molar-refractivity contribution in [3.63, 3.8) is 0 Å². The first-order valence-corrected chi connectivity index (χ1v) is 6.67. The Morgan fingerprint density at radius 3 is 2.44 bits per heavy atom. The molecule has 18 heavy (non-hydrogen) atoms. The number of hydrogen-bond donors (Lipinski definition) is 2. The van der Waals surface area contributed by atoms with Crippen molar-refractivity contribution in [2.75, 3.05) is 20.2 Å². The van der Waals surface area contributed by atoms with Crippen LogP contribution in [0.1, 0.15) is 19.4 Å². The maximum Gasteiger partial charge on any atom is 0.166 e. The van der Waals surface area contributed by atoms with E-state index in [1.54, 1.807) is 7.11 Å². The van der Waals surface area contributed by atoms with Gasteiger partial charge in [0.15, 0.2) is 5.11 Å². The first kappa shape index (κ1) is 14.8. The molecule has 0 aliphatic rings. The molecular weight excluding hydrogens is 244 g/mol. The van der Waals surface area contributed by atoms with E-state index in [1.165, 1.54) is 5.56 Å². The molecule has 0 aromatic heterocycles. The number of thiocarbonyl (C=S) groups is 1. The first-order valence-electron chi connectivity index (χ1n) is 6.26. The summed E-state index contributed by atoms with van der Waals surface area (Å²) in [7, 11) is 1.68. The molecule has 1 rings (SSSR count). The molecule has 0 heterocycles. The maximum absolute atomic E-state index is 5.19. The number of ether oxygens (including phenoxy) is 1. The molecule has 0 saturated heterocycles. The molecule has 0 aliphatic carbocycles. The molecule has 0 aliphatic heterocycles. The van der Waals surface area contributed by atoms with Crippen LogP contribution in [-0.2, 0) is 6.42 Å². The third-order valence-electron chi connectivity index (χ3n) is 2.53. The van der Waals surface area contributed by atoms with E-state index in [2.05, 4.69) is 36.6 Å². The molecular formula is C14H22N2OS. The molecule has 100 valence electrons. The van der Waals surface area contributed by atoms with Gasteiger partial charge < -0.3 is 15.4 Å². The zero-order valence-corrected chi connectivity index (χ0v) is 12.1. The fraction of sp³-hybridized carbons (Fsp3) is 0.500. The molecule has 0 saturated carbocycles. The largest absolute Gasteiger partial charge is 0.497 e. The highest BCUT2D eigenvalue weighted by Gasteiger charge is 1.98. The molecule has 1 aromatic rings. The van der Waals surface area contributed by atoms with E-state index in [1.807, 2.05) is 12.1 Å². The monoisotopic (exact) mass is 266 g/mol. The lowest BCUT2D eigenvalue weighted by atomic mass is 10.1. The van der Waals surface area contributed by atoms with Gasteiger partial charge in [-0.05, 0) is 42.3 Å². The summed E-state index contributed by atoms with van der Waals surface area (Å²) in [5, 5.41) is 7.12. The van der Waals surface area contributed by atoms with Crippen LogP contribution in [0.2, 0.25) is 0 Å². The smallest absolute Gasteiger partial charge is 0.166 e. The van der Waals surface area contributed by atoms with E-state index >= 15 is 0 Å². The minimum absolute atomic E-state index is 0.603. The first-order chi connectivity index (χ1) is 8.61. The molecule has 1 aromatic carbocycles. The third kappa shape index (κ3) is 5.87. The fourth-order valence-electron chi connectivity index (χ4n) is 1.47. The van der Waals surface area contributed by atoms with Crippen molar-refractivity contribution in [3.8, 4) is 5.75 Å². The Hall–Kier alpha value is -1.29. The van der Waals surface area contributed by atoms with Crippen molar-refractivity contribution in [1.82, 2.24) is 10.6 Å². The Balaban J connectivity index is 2.22. The highest BCUT2D eigenvalue weighted by molar-refractivity contribution is 7.80. The third-order valence-corrected chi connectivity index (χ3v) is 2.82. The van der Waals surface area contributed by atoms with Gasteiger partial charge in [-0.1, -0.05) is 26.0 Å². The zero-order chi connectivity index (χ0) is 13.4. The van der Waals surface area contributed by atoms with Crippen molar-refractivity contribution < 1.29 is 4.74 Å². The van der Waals surface area contributed by atoms with Crippen molar-refractivity contribution in [3.05, 3.63) is 29.8 Å². The van der Waals surface area contributed by atoms with Crippen LogP contribution in [0.4, 0.5) is 0 Å². The van der Waals surface area contributed by atoms with E-state index < -0.39 is 0 Å². The number of rotatable bonds is 6. The summed E-state index contributed by atoms with van der Waals surface area (Å²) >= 11 is 5.19. The fourth-order valence-corrected chi connectivity index (χ4v) is 1.66. The highest BCUT2D eigenvalue weighted by atomic mass is 32.1. The van der Waals surface area contributed by atoms with Gasteiger partial charge in [0.25, 0.3) is 0 Å². The predicted molar refractivity (Wildman–Crippen MR) is 80.1 cm³/mol. The normalized spacial score (nSPS) is 10.2. The van der Waals surface area contributed by atoms with Gasteiger partial charge >= 0.3 is 0 Å². The molecule has 0 atom stereocenters. The van der Waals surface area contributed by atoms with E-state index in [0.29, 0.717) is 5.92 Å². The second-order valence-electron chi connectivity index (χ2n) is 4.63. The molecule has 0 bridgehead atoms. The quantitative estimate of drug-likeness (QED) is 0.775. The molecule has 0 amide bonds. The van der Waals surface area contributed by atoms with Gasteiger partial charge in [-0.3, -0.25) is 0 Å². The van der Waals surface area contributed by atoms with Gasteiger partial charge in [-0.25, -0.2) is 0 Å². The van der Waals surface area contributed by atoms with Crippen molar-refractivity contribution in [2.45, 2.75) is 20.3 Å². The number of methoxy groups -OCH3 is 1. The summed E-state index contributed by atoms with van der Waals surface area (Å²) < 4.78 is 5.12. The molecule has 0 unspecified atom stereocenters. The van der Waals surface area contributed by atoms with E-state index in [-0.39, 0.29) is 0 Å². The standard InChI is InChI=1S/C14H22N2OS/c1-11(2)10-16-14(18)15-9-8-12-4-6-13(17-3)7-5-12/h4-7,11H,8-10H2,1-3H3,(H2,15,16,18). The van der Waals surface area contributed by atoms with Crippen LogP contribution in [0.15, 0.2) is 24.3 Å². The number of nitrogens with one attached hydrogen (secondary N) is 2. The van der Waals surface area contributed by atoms with E-state index in [4.69, 9.17) is 17.0 Å². The second-order valence-corrected chi connectivity index (χ2v) is 5.04. The van der Waals surface area contributed by atoms with Crippen LogP contribution < -0.4 is 15.4 Å². The van der Waals surface area contributed by atoms with Gasteiger partial charge in [0, 0.05) is 13.1 Å². The SMILES string of the molecule is COc1ccc(CCNC(=S)NCC(C)C)cc1. The van der Waals surface area contributed by atoms with Crippen LogP contribution in [0.3, 0.4) is 0 Å². The van der Waals surface area contributed by atoms with Crippen molar-refractivity contribution in [1.29, 1.82) is 0 Å². The van der Waals surface area contributed by atoms with Gasteiger partial charge in [0.05, 0.1) is 7.11 Å². The van der Waals surface area contributed by atoms with Crippen LogP contribution in [0, 0.1) is 5.92 Å². The lowest BCUT2D eigenvalue weighted by Crippen LogP contribution is -2.38. The average Bonchev–Trinajstić information content (AvgIpc) is 2.37. The molecule has 2 N–H and O–H groups in total. The molecule has 4 heteroatoms. The Morgan fingerprint density at radius 2 is 1.89 bits per heavy atom. The van der Waals surface area contributed by atoms with Gasteiger partial charge in [-0.15, -0.1) is 0 Å². The van der Waals surface area contributed by atoms with Gasteiger partial charge in [-0.2, -0.15) is 0 Å². The summed E-state index contributed by atoms with van der Waals surface area (Å²) in [5.74, 6) is 1.49. The molecule has 3 nitrogen and oxygen atoms in total. The molecule has 0 spiro atoms. The van der Waals surface area contributed by atoms with Crippen LogP contribution in [0.5, 0.6) is 5.75 Å². The summed E-state index contributed by atoms with van der Waals surface area (Å²) in [4.78, 5) is 0. The van der Waals surface area contributed by atoms with E-state index in [0.717, 1.165) is 30.4 Å². The predicted octanol–water partition coefficient (Wildman–Crippen LogP) is 2.36. The minimum atomic E-state index is 0.603. The lowest BCUT2D eigenvalue weighted by Gasteiger charge is -2.12. The van der Waals surface area contributed by atoms with Crippen molar-refractivity contribution >= 4 is 17.3 Å². The number of benzene rings is 1. The Morgan fingerprint density at radius 1 is 1.22 bits per heavy atom. The second kappa shape index (κ2) is 7.93. The minimum Gasteiger partial charge on any atom is -0.497 e. The van der Waals surface area contributed by atoms with Gasteiger partial charge in [0.2, 0.25) is 0 Å².